The smallest absolute Gasteiger partial charge is 0.213 e. The van der Waals surface area contributed by atoms with Crippen molar-refractivity contribution in [3.8, 4) is 5.88 Å². The normalized spacial score (nSPS) is 17.5. The van der Waals surface area contributed by atoms with Crippen LogP contribution in [0.4, 0.5) is 0 Å². The van der Waals surface area contributed by atoms with E-state index in [1.807, 2.05) is 19.1 Å². The topological polar surface area (TPSA) is 22.1 Å². The summed E-state index contributed by atoms with van der Waals surface area (Å²) in [6, 6.07) is 5.99. The highest BCUT2D eigenvalue weighted by Crippen LogP contribution is 2.38. The molecule has 0 saturated heterocycles. The SMILES string of the molecule is CCOc1cccc(CC(Br)C2CC2)n1. The number of aromatic nitrogens is 1. The van der Waals surface area contributed by atoms with Gasteiger partial charge in [-0.3, -0.25) is 0 Å². The zero-order chi connectivity index (χ0) is 10.7. The van der Waals surface area contributed by atoms with Crippen LogP contribution in [0.5, 0.6) is 5.88 Å². The molecule has 0 radical (unpaired) electrons. The largest absolute Gasteiger partial charge is 0.478 e. The van der Waals surface area contributed by atoms with Gasteiger partial charge in [0.05, 0.1) is 6.61 Å². The zero-order valence-corrected chi connectivity index (χ0v) is 10.5. The molecule has 2 rings (SSSR count). The van der Waals surface area contributed by atoms with Crippen molar-refractivity contribution in [1.82, 2.24) is 4.98 Å². The van der Waals surface area contributed by atoms with E-state index in [1.54, 1.807) is 0 Å². The quantitative estimate of drug-likeness (QED) is 0.766. The summed E-state index contributed by atoms with van der Waals surface area (Å²) < 4.78 is 5.38. The molecule has 3 heteroatoms. The summed E-state index contributed by atoms with van der Waals surface area (Å²) in [4.78, 5) is 5.05. The van der Waals surface area contributed by atoms with E-state index in [2.05, 4.69) is 27.0 Å². The van der Waals surface area contributed by atoms with E-state index in [-0.39, 0.29) is 0 Å². The minimum absolute atomic E-state index is 0.585. The van der Waals surface area contributed by atoms with Gasteiger partial charge in [-0.25, -0.2) is 4.98 Å². The number of halogens is 1. The molecule has 1 aliphatic carbocycles. The molecule has 0 amide bonds. The summed E-state index contributed by atoms with van der Waals surface area (Å²) in [6.07, 6.45) is 3.73. The second kappa shape index (κ2) is 4.97. The predicted molar refractivity (Wildman–Crippen MR) is 64.5 cm³/mol. The first-order valence-corrected chi connectivity index (χ1v) is 6.44. The van der Waals surface area contributed by atoms with E-state index in [0.717, 1.165) is 23.9 Å². The van der Waals surface area contributed by atoms with E-state index in [9.17, 15) is 0 Å². The van der Waals surface area contributed by atoms with E-state index in [4.69, 9.17) is 4.74 Å². The van der Waals surface area contributed by atoms with Crippen LogP contribution in [0.25, 0.3) is 0 Å². The Morgan fingerprint density at radius 2 is 2.33 bits per heavy atom. The molecular formula is C12H16BrNO. The van der Waals surface area contributed by atoms with Gasteiger partial charge in [0, 0.05) is 23.0 Å². The molecule has 1 saturated carbocycles. The monoisotopic (exact) mass is 269 g/mol. The number of nitrogens with zero attached hydrogens (tertiary/aromatic N) is 1. The Morgan fingerprint density at radius 3 is 3.00 bits per heavy atom. The second-order valence-electron chi connectivity index (χ2n) is 3.96. The molecule has 1 aliphatic rings. The Balaban J connectivity index is 1.97. The number of hydrogen-bond acceptors (Lipinski definition) is 2. The molecule has 0 aliphatic heterocycles. The van der Waals surface area contributed by atoms with Crippen molar-refractivity contribution in [2.75, 3.05) is 6.61 Å². The lowest BCUT2D eigenvalue weighted by Gasteiger charge is -2.08. The highest BCUT2D eigenvalue weighted by Gasteiger charge is 2.29. The fourth-order valence-electron chi connectivity index (χ4n) is 1.62. The molecule has 0 N–H and O–H groups in total. The van der Waals surface area contributed by atoms with Gasteiger partial charge in [-0.2, -0.15) is 0 Å². The van der Waals surface area contributed by atoms with Crippen molar-refractivity contribution in [3.63, 3.8) is 0 Å². The average molecular weight is 270 g/mol. The van der Waals surface area contributed by atoms with Crippen molar-refractivity contribution < 1.29 is 4.74 Å². The first-order chi connectivity index (χ1) is 7.29. The number of pyridine rings is 1. The molecule has 1 atom stereocenters. The second-order valence-corrected chi connectivity index (χ2v) is 5.13. The third-order valence-corrected chi connectivity index (χ3v) is 3.68. The molecule has 1 fully saturated rings. The average Bonchev–Trinajstić information content (AvgIpc) is 3.01. The summed E-state index contributed by atoms with van der Waals surface area (Å²) in [7, 11) is 0. The van der Waals surface area contributed by atoms with Gasteiger partial charge in [0.15, 0.2) is 0 Å². The van der Waals surface area contributed by atoms with E-state index in [0.29, 0.717) is 11.4 Å². The van der Waals surface area contributed by atoms with Gasteiger partial charge in [0.2, 0.25) is 5.88 Å². The van der Waals surface area contributed by atoms with Crippen LogP contribution in [-0.4, -0.2) is 16.4 Å². The van der Waals surface area contributed by atoms with Crippen molar-refractivity contribution in [2.24, 2.45) is 5.92 Å². The van der Waals surface area contributed by atoms with Crippen LogP contribution in [0.15, 0.2) is 18.2 Å². The van der Waals surface area contributed by atoms with Crippen LogP contribution in [-0.2, 0) is 6.42 Å². The standard InChI is InChI=1S/C12H16BrNO/c1-2-15-12-5-3-4-10(14-12)8-11(13)9-6-7-9/h3-5,9,11H,2,6-8H2,1H3. The molecule has 1 heterocycles. The van der Waals surface area contributed by atoms with Gasteiger partial charge in [-0.05, 0) is 31.7 Å². The minimum Gasteiger partial charge on any atom is -0.478 e. The van der Waals surface area contributed by atoms with Gasteiger partial charge in [-0.1, -0.05) is 22.0 Å². The van der Waals surface area contributed by atoms with E-state index < -0.39 is 0 Å². The Labute approximate surface area is 99.2 Å². The Morgan fingerprint density at radius 1 is 1.53 bits per heavy atom. The number of ether oxygens (including phenoxy) is 1. The maximum atomic E-state index is 5.38. The Hall–Kier alpha value is -0.570. The third kappa shape index (κ3) is 3.20. The van der Waals surface area contributed by atoms with E-state index >= 15 is 0 Å². The highest BCUT2D eigenvalue weighted by atomic mass is 79.9. The van der Waals surface area contributed by atoms with Crippen molar-refractivity contribution in [2.45, 2.75) is 31.0 Å². The zero-order valence-electron chi connectivity index (χ0n) is 8.95. The van der Waals surface area contributed by atoms with Crippen LogP contribution in [0, 0.1) is 5.92 Å². The van der Waals surface area contributed by atoms with Gasteiger partial charge in [0.1, 0.15) is 0 Å². The fraction of sp³-hybridized carbons (Fsp3) is 0.583. The lowest BCUT2D eigenvalue weighted by molar-refractivity contribution is 0.325. The summed E-state index contributed by atoms with van der Waals surface area (Å²) >= 11 is 3.72. The van der Waals surface area contributed by atoms with Gasteiger partial charge in [0.25, 0.3) is 0 Å². The predicted octanol–water partition coefficient (Wildman–Crippen LogP) is 3.20. The summed E-state index contributed by atoms with van der Waals surface area (Å²) in [5.41, 5.74) is 1.12. The van der Waals surface area contributed by atoms with Crippen LogP contribution in [0.3, 0.4) is 0 Å². The molecule has 0 bridgehead atoms. The van der Waals surface area contributed by atoms with Gasteiger partial charge < -0.3 is 4.74 Å². The highest BCUT2D eigenvalue weighted by molar-refractivity contribution is 9.09. The maximum absolute atomic E-state index is 5.38. The van der Waals surface area contributed by atoms with Crippen LogP contribution < -0.4 is 4.74 Å². The van der Waals surface area contributed by atoms with Crippen LogP contribution in [0.2, 0.25) is 0 Å². The first-order valence-electron chi connectivity index (χ1n) is 5.52. The van der Waals surface area contributed by atoms with Crippen LogP contribution in [0.1, 0.15) is 25.5 Å². The molecule has 1 aromatic rings. The molecule has 1 aromatic heterocycles. The summed E-state index contributed by atoms with van der Waals surface area (Å²) in [5.74, 6) is 1.60. The fourth-order valence-corrected chi connectivity index (χ4v) is 2.48. The number of alkyl halides is 1. The third-order valence-electron chi connectivity index (χ3n) is 2.61. The molecule has 15 heavy (non-hydrogen) atoms. The molecular weight excluding hydrogens is 254 g/mol. The number of rotatable bonds is 5. The summed E-state index contributed by atoms with van der Waals surface area (Å²) in [5, 5.41) is 0. The van der Waals surface area contributed by atoms with Crippen molar-refractivity contribution in [3.05, 3.63) is 23.9 Å². The first kappa shape index (κ1) is 10.9. The molecule has 2 nitrogen and oxygen atoms in total. The summed E-state index contributed by atoms with van der Waals surface area (Å²) in [6.45, 7) is 2.66. The number of hydrogen-bond donors (Lipinski definition) is 0. The molecule has 82 valence electrons. The molecule has 0 spiro atoms. The lowest BCUT2D eigenvalue weighted by Crippen LogP contribution is -2.07. The van der Waals surface area contributed by atoms with Crippen molar-refractivity contribution >= 4 is 15.9 Å². The minimum atomic E-state index is 0.585. The van der Waals surface area contributed by atoms with Gasteiger partial charge >= 0.3 is 0 Å². The Kier molecular flexibility index (Phi) is 3.62. The lowest BCUT2D eigenvalue weighted by atomic mass is 10.1. The van der Waals surface area contributed by atoms with E-state index in [1.165, 1.54) is 12.8 Å². The maximum Gasteiger partial charge on any atom is 0.213 e. The molecule has 0 aromatic carbocycles. The van der Waals surface area contributed by atoms with Crippen LogP contribution >= 0.6 is 15.9 Å². The Bertz CT molecular complexity index is 325. The van der Waals surface area contributed by atoms with Gasteiger partial charge in [-0.15, -0.1) is 0 Å². The molecule has 1 unspecified atom stereocenters. The van der Waals surface area contributed by atoms with Crippen molar-refractivity contribution in [1.29, 1.82) is 0 Å².